The Kier molecular flexibility index (Phi) is 9.20. The number of hydrogen-bond acceptors (Lipinski definition) is 4. The van der Waals surface area contributed by atoms with E-state index in [9.17, 15) is 15.0 Å². The summed E-state index contributed by atoms with van der Waals surface area (Å²) in [6.45, 7) is 9.76. The van der Waals surface area contributed by atoms with E-state index in [-0.39, 0.29) is 18.4 Å². The SMILES string of the molecule is CCC(C)/C(=C\C=[N-])c1cc(C(=O)NC(CNC(=O)OC(C)(C)C)c2ccccc2)cs1. The van der Waals surface area contributed by atoms with Crippen molar-refractivity contribution in [1.82, 2.24) is 10.6 Å². The van der Waals surface area contributed by atoms with Gasteiger partial charge in [-0.05, 0) is 50.3 Å². The van der Waals surface area contributed by atoms with Crippen molar-refractivity contribution < 1.29 is 14.3 Å². The number of allylic oxidation sites excluding steroid dienone is 2. The summed E-state index contributed by atoms with van der Waals surface area (Å²) in [4.78, 5) is 26.1. The number of nitrogens with one attached hydrogen (secondary N) is 2. The molecule has 2 atom stereocenters. The Balaban J connectivity index is 2.17. The molecule has 0 saturated heterocycles. The standard InChI is InChI=1S/C25H32N3O3S/c1-6-17(2)20(12-13-26)22-14-19(16-32-22)23(29)28-21(18-10-8-7-9-11-18)15-27-24(30)31-25(3,4)5/h7-14,16-17,21H,6,15H2,1-5H3,(H,27,30)(H,28,29)/q-1/b20-12+. The molecule has 6 nitrogen and oxygen atoms in total. The van der Waals surface area contributed by atoms with E-state index in [4.69, 9.17) is 4.74 Å². The Hall–Kier alpha value is -2.93. The Morgan fingerprint density at radius 3 is 2.50 bits per heavy atom. The van der Waals surface area contributed by atoms with E-state index in [1.165, 1.54) is 11.3 Å². The van der Waals surface area contributed by atoms with E-state index in [0.717, 1.165) is 28.6 Å². The smallest absolute Gasteiger partial charge is 0.407 e. The van der Waals surface area contributed by atoms with Crippen molar-refractivity contribution >= 4 is 35.1 Å². The van der Waals surface area contributed by atoms with E-state index < -0.39 is 17.7 Å². The topological polar surface area (TPSA) is 89.7 Å². The minimum absolute atomic E-state index is 0.194. The monoisotopic (exact) mass is 454 g/mol. The zero-order chi connectivity index (χ0) is 23.7. The third-order valence-corrected chi connectivity index (χ3v) is 5.88. The minimum atomic E-state index is -0.602. The normalized spacial score (nSPS) is 13.7. The first-order valence-electron chi connectivity index (χ1n) is 10.7. The fraction of sp³-hybridized carbons (Fsp3) is 0.400. The van der Waals surface area contributed by atoms with Crippen molar-refractivity contribution in [1.29, 1.82) is 0 Å². The van der Waals surface area contributed by atoms with Crippen molar-refractivity contribution in [2.75, 3.05) is 6.54 Å². The first-order valence-corrected chi connectivity index (χ1v) is 11.6. The molecule has 172 valence electrons. The maximum absolute atomic E-state index is 13.0. The highest BCUT2D eigenvalue weighted by Crippen LogP contribution is 2.30. The summed E-state index contributed by atoms with van der Waals surface area (Å²) < 4.78 is 5.31. The first-order chi connectivity index (χ1) is 15.1. The average Bonchev–Trinajstić information content (AvgIpc) is 3.23. The zero-order valence-corrected chi connectivity index (χ0v) is 20.2. The molecule has 1 heterocycles. The Labute approximate surface area is 194 Å². The molecular formula is C25H32N3O3S-. The van der Waals surface area contributed by atoms with Crippen molar-refractivity contribution in [3.8, 4) is 0 Å². The molecule has 2 N–H and O–H groups in total. The lowest BCUT2D eigenvalue weighted by molar-refractivity contribution is 0.0520. The summed E-state index contributed by atoms with van der Waals surface area (Å²) >= 11 is 1.47. The van der Waals surface area contributed by atoms with E-state index >= 15 is 0 Å². The number of benzene rings is 1. The number of alkyl carbamates (subject to hydrolysis) is 1. The van der Waals surface area contributed by atoms with Gasteiger partial charge in [0.2, 0.25) is 0 Å². The van der Waals surface area contributed by atoms with Crippen LogP contribution in [0.5, 0.6) is 0 Å². The lowest BCUT2D eigenvalue weighted by atomic mass is 9.96. The fourth-order valence-electron chi connectivity index (χ4n) is 3.07. The Morgan fingerprint density at radius 1 is 1.22 bits per heavy atom. The second-order valence-corrected chi connectivity index (χ2v) is 9.51. The second-order valence-electron chi connectivity index (χ2n) is 8.60. The molecule has 0 fully saturated rings. The summed E-state index contributed by atoms with van der Waals surface area (Å²) in [6.07, 6.45) is 3.11. The summed E-state index contributed by atoms with van der Waals surface area (Å²) in [7, 11) is 0. The van der Waals surface area contributed by atoms with Crippen LogP contribution in [0.25, 0.3) is 11.0 Å². The van der Waals surface area contributed by atoms with Gasteiger partial charge in [0.25, 0.3) is 5.91 Å². The lowest BCUT2D eigenvalue weighted by Crippen LogP contribution is -2.40. The largest absolute Gasteiger partial charge is 0.811 e. The van der Waals surface area contributed by atoms with Gasteiger partial charge in [-0.15, -0.1) is 11.3 Å². The Bertz CT molecular complexity index is 945. The van der Waals surface area contributed by atoms with Gasteiger partial charge in [0.1, 0.15) is 5.60 Å². The van der Waals surface area contributed by atoms with Crippen LogP contribution in [0.3, 0.4) is 0 Å². The van der Waals surface area contributed by atoms with Gasteiger partial charge in [-0.2, -0.15) is 6.21 Å². The molecular weight excluding hydrogens is 422 g/mol. The third-order valence-electron chi connectivity index (χ3n) is 4.90. The number of carbonyl (C=O) groups is 2. The first kappa shape index (κ1) is 25.3. The van der Waals surface area contributed by atoms with Gasteiger partial charge >= 0.3 is 6.09 Å². The van der Waals surface area contributed by atoms with Crippen molar-refractivity contribution in [2.45, 2.75) is 52.7 Å². The van der Waals surface area contributed by atoms with Gasteiger partial charge in [-0.25, -0.2) is 4.79 Å². The predicted octanol–water partition coefficient (Wildman–Crippen LogP) is 5.81. The molecule has 1 aromatic carbocycles. The molecule has 1 aromatic heterocycles. The van der Waals surface area contributed by atoms with Crippen LogP contribution >= 0.6 is 11.3 Å². The number of nitrogens with zero attached hydrogens (tertiary/aromatic N) is 1. The fourth-order valence-corrected chi connectivity index (χ4v) is 4.10. The summed E-state index contributed by atoms with van der Waals surface area (Å²) in [5.74, 6) is 0.0203. The predicted molar refractivity (Wildman–Crippen MR) is 132 cm³/mol. The molecule has 2 unspecified atom stereocenters. The molecule has 2 aromatic rings. The van der Waals surface area contributed by atoms with Crippen molar-refractivity contribution in [3.63, 3.8) is 0 Å². The maximum Gasteiger partial charge on any atom is 0.407 e. The van der Waals surface area contributed by atoms with Gasteiger partial charge in [0.05, 0.1) is 11.6 Å². The highest BCUT2D eigenvalue weighted by atomic mass is 32.1. The quantitative estimate of drug-likeness (QED) is 0.468. The summed E-state index contributed by atoms with van der Waals surface area (Å²) in [5, 5.41) is 16.8. The summed E-state index contributed by atoms with van der Waals surface area (Å²) in [6, 6.07) is 10.9. The van der Waals surface area contributed by atoms with E-state index in [1.54, 1.807) is 26.8 Å². The number of ether oxygens (including phenoxy) is 1. The molecule has 2 rings (SSSR count). The number of rotatable bonds is 9. The second kappa shape index (κ2) is 11.6. The molecule has 0 spiro atoms. The van der Waals surface area contributed by atoms with Gasteiger partial charge in [0, 0.05) is 16.8 Å². The van der Waals surface area contributed by atoms with Gasteiger partial charge in [-0.3, -0.25) is 4.79 Å². The number of thiophene rings is 1. The van der Waals surface area contributed by atoms with Crippen LogP contribution in [-0.4, -0.2) is 30.4 Å². The van der Waals surface area contributed by atoms with Crippen LogP contribution in [0, 0.1) is 5.92 Å². The van der Waals surface area contributed by atoms with Crippen LogP contribution in [0.2, 0.25) is 0 Å². The molecule has 0 aliphatic carbocycles. The molecule has 0 aliphatic rings. The third kappa shape index (κ3) is 7.64. The van der Waals surface area contributed by atoms with Gasteiger partial charge in [0.15, 0.2) is 0 Å². The average molecular weight is 455 g/mol. The summed E-state index contributed by atoms with van der Waals surface area (Å²) in [5.41, 5.74) is 1.80. The van der Waals surface area contributed by atoms with E-state index in [0.29, 0.717) is 5.56 Å². The van der Waals surface area contributed by atoms with Crippen molar-refractivity contribution in [2.24, 2.45) is 5.92 Å². The van der Waals surface area contributed by atoms with Gasteiger partial charge < -0.3 is 20.8 Å². The minimum Gasteiger partial charge on any atom is -0.811 e. The number of hydrogen-bond donors (Lipinski definition) is 2. The maximum atomic E-state index is 13.0. The van der Waals surface area contributed by atoms with E-state index in [1.807, 2.05) is 41.8 Å². The molecule has 32 heavy (non-hydrogen) atoms. The Morgan fingerprint density at radius 2 is 1.91 bits per heavy atom. The lowest BCUT2D eigenvalue weighted by Gasteiger charge is -2.23. The molecule has 7 heteroatoms. The van der Waals surface area contributed by atoms with Crippen LogP contribution < -0.4 is 10.6 Å². The zero-order valence-electron chi connectivity index (χ0n) is 19.3. The van der Waals surface area contributed by atoms with Crippen LogP contribution in [-0.2, 0) is 4.74 Å². The molecule has 0 saturated carbocycles. The molecule has 0 bridgehead atoms. The molecule has 2 amide bonds. The van der Waals surface area contributed by atoms with Crippen molar-refractivity contribution in [3.05, 3.63) is 69.3 Å². The van der Waals surface area contributed by atoms with Crippen LogP contribution in [0.1, 0.15) is 67.9 Å². The molecule has 0 radical (unpaired) electrons. The molecule has 0 aliphatic heterocycles. The van der Waals surface area contributed by atoms with Gasteiger partial charge in [-0.1, -0.05) is 50.3 Å². The highest BCUT2D eigenvalue weighted by Gasteiger charge is 2.21. The number of carbonyl (C=O) groups excluding carboxylic acids is 2. The number of amides is 2. The van der Waals surface area contributed by atoms with Crippen LogP contribution in [0.15, 0.2) is 47.9 Å². The highest BCUT2D eigenvalue weighted by molar-refractivity contribution is 7.11. The van der Waals surface area contributed by atoms with E-state index in [2.05, 4.69) is 24.5 Å². The van der Waals surface area contributed by atoms with Crippen LogP contribution in [0.4, 0.5) is 4.79 Å².